The van der Waals surface area contributed by atoms with Crippen LogP contribution in [-0.4, -0.2) is 26.9 Å². The van der Waals surface area contributed by atoms with Gasteiger partial charge >= 0.3 is 0 Å². The van der Waals surface area contributed by atoms with Crippen molar-refractivity contribution >= 4 is 38.7 Å². The molecule has 5 rings (SSSR count). The number of anilines is 1. The van der Waals surface area contributed by atoms with E-state index in [-0.39, 0.29) is 35.5 Å². The third-order valence-corrected chi connectivity index (χ3v) is 6.30. The summed E-state index contributed by atoms with van der Waals surface area (Å²) in [4.78, 5) is 24.0. The van der Waals surface area contributed by atoms with E-state index in [0.717, 1.165) is 16.6 Å². The number of amides is 1. The second-order valence-corrected chi connectivity index (χ2v) is 8.15. The molecule has 142 valence electrons. The zero-order valence-electron chi connectivity index (χ0n) is 14.7. The van der Waals surface area contributed by atoms with Crippen LogP contribution >= 0.6 is 15.9 Å². The van der Waals surface area contributed by atoms with E-state index in [1.54, 1.807) is 24.4 Å². The summed E-state index contributed by atoms with van der Waals surface area (Å²) in [7, 11) is 0. The van der Waals surface area contributed by atoms with Gasteiger partial charge in [-0.25, -0.2) is 14.4 Å². The van der Waals surface area contributed by atoms with Crippen molar-refractivity contribution in [1.29, 1.82) is 0 Å². The Hall–Kier alpha value is -2.74. The summed E-state index contributed by atoms with van der Waals surface area (Å²) in [6.07, 6.45) is 6.80. The van der Waals surface area contributed by atoms with Gasteiger partial charge in [-0.3, -0.25) is 4.79 Å². The number of carbonyl (C=O) groups excluding carboxylic acids is 1. The number of aromatic amines is 1. The van der Waals surface area contributed by atoms with Gasteiger partial charge in [-0.2, -0.15) is 0 Å². The fraction of sp³-hybridized carbons (Fsp3) is 0.250. The van der Waals surface area contributed by atoms with Gasteiger partial charge < -0.3 is 16.0 Å². The van der Waals surface area contributed by atoms with Crippen molar-refractivity contribution in [2.45, 2.75) is 12.5 Å². The van der Waals surface area contributed by atoms with Crippen LogP contribution in [0.25, 0.3) is 22.6 Å². The van der Waals surface area contributed by atoms with E-state index in [9.17, 15) is 9.18 Å². The second-order valence-electron chi connectivity index (χ2n) is 7.29. The fourth-order valence-corrected chi connectivity index (χ4v) is 4.84. The predicted molar refractivity (Wildman–Crippen MR) is 108 cm³/mol. The van der Waals surface area contributed by atoms with Gasteiger partial charge in [0.15, 0.2) is 5.65 Å². The molecule has 0 radical (unpaired) electrons. The number of allylic oxidation sites excluding steroid dienone is 1. The smallest absolute Gasteiger partial charge is 0.223 e. The predicted octanol–water partition coefficient (Wildman–Crippen LogP) is 3.61. The Morgan fingerprint density at radius 2 is 2.07 bits per heavy atom. The van der Waals surface area contributed by atoms with Gasteiger partial charge in [0, 0.05) is 12.2 Å². The van der Waals surface area contributed by atoms with Crippen molar-refractivity contribution in [3.8, 4) is 11.4 Å². The molecule has 3 aromatic rings. The minimum atomic E-state index is -0.359. The maximum atomic E-state index is 14.2. The van der Waals surface area contributed by atoms with Crippen LogP contribution in [0.15, 0.2) is 47.1 Å². The Kier molecular flexibility index (Phi) is 3.97. The van der Waals surface area contributed by atoms with E-state index in [1.807, 2.05) is 0 Å². The number of nitrogens with two attached hydrogens (primary N) is 1. The lowest BCUT2D eigenvalue weighted by Gasteiger charge is -2.28. The Bertz CT molecular complexity index is 1130. The highest BCUT2D eigenvalue weighted by molar-refractivity contribution is 9.10. The molecule has 1 fully saturated rings. The second kappa shape index (κ2) is 6.41. The lowest BCUT2D eigenvalue weighted by molar-refractivity contribution is -0.122. The van der Waals surface area contributed by atoms with Gasteiger partial charge in [-0.15, -0.1) is 0 Å². The Morgan fingerprint density at radius 1 is 1.29 bits per heavy atom. The number of fused-ring (bicyclic) bond motifs is 3. The van der Waals surface area contributed by atoms with Gasteiger partial charge in [-0.1, -0.05) is 24.3 Å². The number of imidazole rings is 1. The van der Waals surface area contributed by atoms with Gasteiger partial charge in [-0.05, 0) is 46.3 Å². The van der Waals surface area contributed by atoms with Crippen LogP contribution in [-0.2, 0) is 4.79 Å². The number of primary amides is 1. The van der Waals surface area contributed by atoms with Crippen molar-refractivity contribution in [1.82, 2.24) is 15.0 Å². The van der Waals surface area contributed by atoms with Crippen LogP contribution in [0.1, 0.15) is 6.42 Å². The highest BCUT2D eigenvalue weighted by Crippen LogP contribution is 2.46. The van der Waals surface area contributed by atoms with Gasteiger partial charge in [0.1, 0.15) is 17.2 Å². The Balaban J connectivity index is 1.58. The van der Waals surface area contributed by atoms with Crippen molar-refractivity contribution in [2.75, 3.05) is 5.32 Å². The first-order valence-corrected chi connectivity index (χ1v) is 9.85. The fourth-order valence-electron chi connectivity index (χ4n) is 4.43. The monoisotopic (exact) mass is 441 g/mol. The third-order valence-electron chi connectivity index (χ3n) is 5.70. The molecule has 8 heteroatoms. The number of benzene rings is 1. The van der Waals surface area contributed by atoms with Gasteiger partial charge in [0.25, 0.3) is 0 Å². The largest absolute Gasteiger partial charge is 0.378 e. The summed E-state index contributed by atoms with van der Waals surface area (Å²) in [5.74, 6) is -0.104. The molecule has 2 bridgehead atoms. The topological polar surface area (TPSA) is 96.7 Å². The van der Waals surface area contributed by atoms with E-state index in [1.165, 1.54) is 6.07 Å². The number of aromatic nitrogens is 3. The minimum absolute atomic E-state index is 0.102. The molecular formula is C20H17BrFN5O. The summed E-state index contributed by atoms with van der Waals surface area (Å²) < 4.78 is 14.9. The molecule has 4 atom stereocenters. The molecule has 1 saturated carbocycles. The number of pyridine rings is 1. The Labute approximate surface area is 168 Å². The van der Waals surface area contributed by atoms with Crippen LogP contribution in [0.3, 0.4) is 0 Å². The molecule has 2 heterocycles. The molecular weight excluding hydrogens is 425 g/mol. The number of rotatable bonds is 4. The highest BCUT2D eigenvalue weighted by Gasteiger charge is 2.47. The van der Waals surface area contributed by atoms with Crippen molar-refractivity contribution in [3.63, 3.8) is 0 Å². The average Bonchev–Trinajstić information content (AvgIpc) is 3.38. The number of nitrogens with zero attached hydrogens (tertiary/aromatic N) is 2. The van der Waals surface area contributed by atoms with Crippen molar-refractivity contribution < 1.29 is 9.18 Å². The number of nitrogens with one attached hydrogen (secondary N) is 2. The van der Waals surface area contributed by atoms with Gasteiger partial charge in [0.05, 0.1) is 21.6 Å². The van der Waals surface area contributed by atoms with Crippen LogP contribution in [0.5, 0.6) is 0 Å². The highest BCUT2D eigenvalue weighted by atomic mass is 79.9. The maximum Gasteiger partial charge on any atom is 0.223 e. The third kappa shape index (κ3) is 2.63. The molecule has 2 aliphatic carbocycles. The number of hydrogen-bond acceptors (Lipinski definition) is 4. The van der Waals surface area contributed by atoms with Crippen molar-refractivity contribution in [2.24, 2.45) is 23.5 Å². The maximum absolute atomic E-state index is 14.2. The summed E-state index contributed by atoms with van der Waals surface area (Å²) in [6, 6.07) is 6.35. The summed E-state index contributed by atoms with van der Waals surface area (Å²) in [5.41, 5.74) is 7.93. The lowest BCUT2D eigenvalue weighted by atomic mass is 9.88. The summed E-state index contributed by atoms with van der Waals surface area (Å²) in [5, 5.41) is 3.49. The first kappa shape index (κ1) is 17.4. The Morgan fingerprint density at radius 3 is 2.86 bits per heavy atom. The minimum Gasteiger partial charge on any atom is -0.378 e. The SMILES string of the molecule is NC(=O)[C@@H]1[C@H](Nc2c(Br)cnc3nc(-c4ccccc4F)[nH]c23)[C@H]2C=C[C@@H]1C2. The summed E-state index contributed by atoms with van der Waals surface area (Å²) >= 11 is 3.53. The molecule has 2 aliphatic rings. The van der Waals surface area contributed by atoms with Gasteiger partial charge in [0.2, 0.25) is 5.91 Å². The lowest BCUT2D eigenvalue weighted by Crippen LogP contribution is -2.41. The molecule has 28 heavy (non-hydrogen) atoms. The molecule has 1 amide bonds. The molecule has 0 spiro atoms. The van der Waals surface area contributed by atoms with E-state index < -0.39 is 0 Å². The average molecular weight is 442 g/mol. The molecule has 1 aromatic carbocycles. The van der Waals surface area contributed by atoms with Crippen molar-refractivity contribution in [3.05, 3.63) is 52.9 Å². The molecule has 0 unspecified atom stereocenters. The molecule has 2 aromatic heterocycles. The van der Waals surface area contributed by atoms with Crippen LogP contribution in [0.2, 0.25) is 0 Å². The normalized spacial score (nSPS) is 25.5. The van der Waals surface area contributed by atoms with E-state index >= 15 is 0 Å². The molecule has 0 saturated heterocycles. The van der Waals surface area contributed by atoms with Crippen LogP contribution in [0.4, 0.5) is 10.1 Å². The molecule has 0 aliphatic heterocycles. The number of halogens is 2. The first-order valence-electron chi connectivity index (χ1n) is 9.06. The zero-order valence-corrected chi connectivity index (χ0v) is 16.3. The van der Waals surface area contributed by atoms with E-state index in [0.29, 0.717) is 22.6 Å². The number of carbonyl (C=O) groups is 1. The first-order chi connectivity index (χ1) is 13.5. The molecule has 4 N–H and O–H groups in total. The van der Waals surface area contributed by atoms with E-state index in [4.69, 9.17) is 5.73 Å². The number of hydrogen-bond donors (Lipinski definition) is 3. The summed E-state index contributed by atoms with van der Waals surface area (Å²) in [6.45, 7) is 0. The standard InChI is InChI=1S/C20H17BrFN5O/c21-12-8-24-20-17(26-19(27-20)11-3-1-2-4-13(11)22)16(12)25-15-10-6-5-9(7-10)14(15)18(23)28/h1-6,8-10,14-15H,7H2,(H2,23,28)(H2,24,25,26,27)/t9-,10+,14+,15-/m1/s1. The van der Waals surface area contributed by atoms with Crippen LogP contribution in [0, 0.1) is 23.6 Å². The number of H-pyrrole nitrogens is 1. The van der Waals surface area contributed by atoms with E-state index in [2.05, 4.69) is 48.4 Å². The quantitative estimate of drug-likeness (QED) is 0.538. The zero-order chi connectivity index (χ0) is 19.4. The molecule has 6 nitrogen and oxygen atoms in total. The van der Waals surface area contributed by atoms with Crippen LogP contribution < -0.4 is 11.1 Å².